The average molecular weight is 241 g/mol. The quantitative estimate of drug-likeness (QED) is 0.768. The molecule has 5 heteroatoms. The van der Waals surface area contributed by atoms with E-state index in [-0.39, 0.29) is 18.1 Å². The fraction of sp³-hybridized carbons (Fsp3) is 0.364. The molecule has 0 aromatic heterocycles. The molecule has 2 atom stereocenters. The van der Waals surface area contributed by atoms with E-state index in [1.807, 2.05) is 24.3 Å². The third-order valence-corrected chi connectivity index (χ3v) is 2.91. The minimum Gasteiger partial charge on any atom is -0.468 e. The molecule has 0 amide bonds. The molecule has 4 nitrogen and oxygen atoms in total. The monoisotopic (exact) mass is 240 g/mol. The molecule has 0 radical (unpaired) electrons. The third-order valence-electron chi connectivity index (χ3n) is 2.66. The van der Waals surface area contributed by atoms with Gasteiger partial charge in [-0.1, -0.05) is 23.7 Å². The van der Waals surface area contributed by atoms with Crippen molar-refractivity contribution in [3.63, 3.8) is 0 Å². The molecule has 1 heterocycles. The van der Waals surface area contributed by atoms with Crippen molar-refractivity contribution in [3.05, 3.63) is 34.9 Å². The van der Waals surface area contributed by atoms with Crippen molar-refractivity contribution in [1.29, 1.82) is 0 Å². The first kappa shape index (κ1) is 11.4. The first-order valence-corrected chi connectivity index (χ1v) is 5.43. The Bertz CT molecular complexity index is 380. The predicted molar refractivity (Wildman–Crippen MR) is 60.9 cm³/mol. The number of methoxy groups -OCH3 is 1. The van der Waals surface area contributed by atoms with Gasteiger partial charge in [-0.2, -0.15) is 0 Å². The summed E-state index contributed by atoms with van der Waals surface area (Å²) >= 11 is 5.81. The first-order valence-electron chi connectivity index (χ1n) is 5.05. The summed E-state index contributed by atoms with van der Waals surface area (Å²) in [5.41, 5.74) is 7.08. The number of hydrogen-bond acceptors (Lipinski definition) is 4. The van der Waals surface area contributed by atoms with Gasteiger partial charge in [0.25, 0.3) is 0 Å². The van der Waals surface area contributed by atoms with Gasteiger partial charge >= 0.3 is 5.97 Å². The number of carbonyl (C=O) groups is 1. The van der Waals surface area contributed by atoms with Gasteiger partial charge in [0, 0.05) is 11.1 Å². The number of rotatable bonds is 2. The van der Waals surface area contributed by atoms with Crippen LogP contribution in [-0.4, -0.2) is 19.1 Å². The van der Waals surface area contributed by atoms with Crippen LogP contribution < -0.4 is 10.9 Å². The first-order chi connectivity index (χ1) is 7.70. The molecule has 0 bridgehead atoms. The second kappa shape index (κ2) is 4.82. The van der Waals surface area contributed by atoms with Crippen LogP contribution in [0.15, 0.2) is 24.3 Å². The highest BCUT2D eigenvalue weighted by Gasteiger charge is 2.30. The van der Waals surface area contributed by atoms with E-state index in [2.05, 4.69) is 15.6 Å². The van der Waals surface area contributed by atoms with Gasteiger partial charge < -0.3 is 4.74 Å². The summed E-state index contributed by atoms with van der Waals surface area (Å²) in [7, 11) is 1.39. The van der Waals surface area contributed by atoms with E-state index >= 15 is 0 Å². The molecule has 2 N–H and O–H groups in total. The summed E-state index contributed by atoms with van der Waals surface area (Å²) in [5.74, 6) is -0.246. The molecular formula is C11H13ClN2O2. The van der Waals surface area contributed by atoms with Crippen LogP contribution in [-0.2, 0) is 9.53 Å². The minimum atomic E-state index is -0.286. The Morgan fingerprint density at radius 3 is 2.69 bits per heavy atom. The second-order valence-corrected chi connectivity index (χ2v) is 4.14. The van der Waals surface area contributed by atoms with Crippen molar-refractivity contribution in [2.75, 3.05) is 7.11 Å². The number of hydrazine groups is 1. The van der Waals surface area contributed by atoms with E-state index in [0.717, 1.165) is 5.56 Å². The van der Waals surface area contributed by atoms with Gasteiger partial charge in [0.2, 0.25) is 0 Å². The minimum absolute atomic E-state index is 0.112. The molecule has 1 aliphatic rings. The molecular weight excluding hydrogens is 228 g/mol. The van der Waals surface area contributed by atoms with E-state index in [0.29, 0.717) is 11.4 Å². The topological polar surface area (TPSA) is 50.4 Å². The highest BCUT2D eigenvalue weighted by atomic mass is 35.5. The lowest BCUT2D eigenvalue weighted by atomic mass is 10.0. The maximum Gasteiger partial charge on any atom is 0.324 e. The van der Waals surface area contributed by atoms with Crippen LogP contribution in [0.1, 0.15) is 18.0 Å². The maximum atomic E-state index is 11.3. The van der Waals surface area contributed by atoms with Gasteiger partial charge in [0.15, 0.2) is 0 Å². The van der Waals surface area contributed by atoms with Crippen LogP contribution in [0.2, 0.25) is 5.02 Å². The Morgan fingerprint density at radius 1 is 1.38 bits per heavy atom. The summed E-state index contributed by atoms with van der Waals surface area (Å²) in [6.07, 6.45) is 0.675. The van der Waals surface area contributed by atoms with Crippen molar-refractivity contribution in [1.82, 2.24) is 10.9 Å². The number of benzene rings is 1. The molecule has 86 valence electrons. The second-order valence-electron chi connectivity index (χ2n) is 3.70. The fourth-order valence-corrected chi connectivity index (χ4v) is 1.89. The zero-order valence-electron chi connectivity index (χ0n) is 8.87. The number of halogens is 1. The highest BCUT2D eigenvalue weighted by Crippen LogP contribution is 2.23. The van der Waals surface area contributed by atoms with E-state index < -0.39 is 0 Å². The largest absolute Gasteiger partial charge is 0.468 e. The summed E-state index contributed by atoms with van der Waals surface area (Å²) in [6.45, 7) is 0. The lowest BCUT2D eigenvalue weighted by Crippen LogP contribution is -2.36. The Balaban J connectivity index is 2.03. The van der Waals surface area contributed by atoms with Gasteiger partial charge in [-0.25, -0.2) is 10.9 Å². The number of carbonyl (C=O) groups excluding carboxylic acids is 1. The normalized spacial score (nSPS) is 24.4. The zero-order valence-corrected chi connectivity index (χ0v) is 9.62. The molecule has 1 saturated heterocycles. The summed E-state index contributed by atoms with van der Waals surface area (Å²) < 4.78 is 4.67. The number of ether oxygens (including phenoxy) is 1. The van der Waals surface area contributed by atoms with Crippen molar-refractivity contribution in [2.24, 2.45) is 0 Å². The molecule has 0 saturated carbocycles. The van der Waals surface area contributed by atoms with Gasteiger partial charge in [0.05, 0.1) is 7.11 Å². The standard InChI is InChI=1S/C11H13ClN2O2/c1-16-11(15)10-6-9(13-14-10)7-2-4-8(12)5-3-7/h2-5,9-10,13-14H,6H2,1H3. The van der Waals surface area contributed by atoms with Crippen LogP contribution >= 0.6 is 11.6 Å². The average Bonchev–Trinajstić information content (AvgIpc) is 2.78. The summed E-state index contributed by atoms with van der Waals surface area (Å²) in [6, 6.07) is 7.39. The van der Waals surface area contributed by atoms with Crippen molar-refractivity contribution < 1.29 is 9.53 Å². The smallest absolute Gasteiger partial charge is 0.324 e. The molecule has 16 heavy (non-hydrogen) atoms. The van der Waals surface area contributed by atoms with Crippen LogP contribution in [0.3, 0.4) is 0 Å². The van der Waals surface area contributed by atoms with E-state index in [1.165, 1.54) is 7.11 Å². The summed E-state index contributed by atoms with van der Waals surface area (Å²) in [4.78, 5) is 11.3. The molecule has 0 aliphatic carbocycles. The molecule has 2 unspecified atom stereocenters. The van der Waals surface area contributed by atoms with Crippen LogP contribution in [0.4, 0.5) is 0 Å². The van der Waals surface area contributed by atoms with Gasteiger partial charge in [-0.3, -0.25) is 4.79 Å². The number of hydrogen-bond donors (Lipinski definition) is 2. The molecule has 1 aliphatic heterocycles. The Labute approximate surface area is 98.9 Å². The van der Waals surface area contributed by atoms with Crippen LogP contribution in [0.5, 0.6) is 0 Å². The van der Waals surface area contributed by atoms with Crippen LogP contribution in [0, 0.1) is 0 Å². The Kier molecular flexibility index (Phi) is 3.43. The molecule has 1 aromatic rings. The molecule has 0 spiro atoms. The fourth-order valence-electron chi connectivity index (χ4n) is 1.77. The van der Waals surface area contributed by atoms with Gasteiger partial charge in [0.1, 0.15) is 6.04 Å². The predicted octanol–water partition coefficient (Wildman–Crippen LogP) is 1.42. The Morgan fingerprint density at radius 2 is 2.06 bits per heavy atom. The van der Waals surface area contributed by atoms with Crippen molar-refractivity contribution in [3.8, 4) is 0 Å². The van der Waals surface area contributed by atoms with E-state index in [1.54, 1.807) is 0 Å². The van der Waals surface area contributed by atoms with E-state index in [4.69, 9.17) is 11.6 Å². The SMILES string of the molecule is COC(=O)C1CC(c2ccc(Cl)cc2)NN1. The van der Waals surface area contributed by atoms with Gasteiger partial charge in [-0.05, 0) is 24.1 Å². The number of esters is 1. The summed E-state index contributed by atoms with van der Waals surface area (Å²) in [5, 5.41) is 0.708. The molecule has 1 aromatic carbocycles. The van der Waals surface area contributed by atoms with Crippen LogP contribution in [0.25, 0.3) is 0 Å². The van der Waals surface area contributed by atoms with Crippen molar-refractivity contribution >= 4 is 17.6 Å². The maximum absolute atomic E-state index is 11.3. The van der Waals surface area contributed by atoms with Gasteiger partial charge in [-0.15, -0.1) is 0 Å². The highest BCUT2D eigenvalue weighted by molar-refractivity contribution is 6.30. The molecule has 2 rings (SSSR count). The lowest BCUT2D eigenvalue weighted by molar-refractivity contribution is -0.142. The zero-order chi connectivity index (χ0) is 11.5. The third kappa shape index (κ3) is 2.35. The lowest BCUT2D eigenvalue weighted by Gasteiger charge is -2.09. The molecule has 1 fully saturated rings. The number of nitrogens with one attached hydrogen (secondary N) is 2. The van der Waals surface area contributed by atoms with Crippen molar-refractivity contribution in [2.45, 2.75) is 18.5 Å². The van der Waals surface area contributed by atoms with E-state index in [9.17, 15) is 4.79 Å². The Hall–Kier alpha value is -1.10.